The van der Waals surface area contributed by atoms with Gasteiger partial charge in [-0.2, -0.15) is 0 Å². The molecule has 0 amide bonds. The Hall–Kier alpha value is -0.540. The van der Waals surface area contributed by atoms with Crippen molar-refractivity contribution in [3.8, 4) is 5.75 Å². The maximum atomic E-state index is 10.2. The molecule has 0 saturated carbocycles. The SMILES string of the molecule is CCCCCCCCCC(O)c1ccc(OCC)c(Br)c1. The molecule has 0 spiro atoms. The molecular formula is C18H29BrO2. The molecule has 0 aliphatic rings. The van der Waals surface area contributed by atoms with Crippen LogP contribution in [0.5, 0.6) is 5.75 Å². The van der Waals surface area contributed by atoms with Crippen LogP contribution in [-0.2, 0) is 0 Å². The lowest BCUT2D eigenvalue weighted by Gasteiger charge is -2.13. The minimum atomic E-state index is -0.368. The Morgan fingerprint density at radius 3 is 2.33 bits per heavy atom. The molecular weight excluding hydrogens is 328 g/mol. The summed E-state index contributed by atoms with van der Waals surface area (Å²) >= 11 is 3.50. The van der Waals surface area contributed by atoms with E-state index in [0.29, 0.717) is 6.61 Å². The maximum Gasteiger partial charge on any atom is 0.133 e. The van der Waals surface area contributed by atoms with Crippen LogP contribution < -0.4 is 4.74 Å². The molecule has 2 nitrogen and oxygen atoms in total. The molecule has 0 saturated heterocycles. The molecule has 1 aromatic rings. The van der Waals surface area contributed by atoms with E-state index in [1.165, 1.54) is 38.5 Å². The zero-order valence-electron chi connectivity index (χ0n) is 13.4. The highest BCUT2D eigenvalue weighted by Crippen LogP contribution is 2.30. The van der Waals surface area contributed by atoms with Crippen molar-refractivity contribution in [3.05, 3.63) is 28.2 Å². The summed E-state index contributed by atoms with van der Waals surface area (Å²) in [6.45, 7) is 4.86. The Bertz CT molecular complexity index is 393. The van der Waals surface area contributed by atoms with Crippen LogP contribution in [0, 0.1) is 0 Å². The van der Waals surface area contributed by atoms with Crippen LogP contribution in [-0.4, -0.2) is 11.7 Å². The summed E-state index contributed by atoms with van der Waals surface area (Å²) in [5.74, 6) is 0.837. The van der Waals surface area contributed by atoms with Gasteiger partial charge >= 0.3 is 0 Å². The molecule has 1 N–H and O–H groups in total. The Kier molecular flexibility index (Phi) is 9.77. The minimum absolute atomic E-state index is 0.368. The van der Waals surface area contributed by atoms with E-state index in [0.717, 1.165) is 28.6 Å². The Balaban J connectivity index is 2.28. The number of benzene rings is 1. The summed E-state index contributed by atoms with van der Waals surface area (Å²) in [6, 6.07) is 5.86. The summed E-state index contributed by atoms with van der Waals surface area (Å²) in [7, 11) is 0. The fourth-order valence-electron chi connectivity index (χ4n) is 2.46. The molecule has 0 fully saturated rings. The molecule has 1 rings (SSSR count). The third kappa shape index (κ3) is 7.32. The number of aliphatic hydroxyl groups excluding tert-OH is 1. The van der Waals surface area contributed by atoms with Gasteiger partial charge in [-0.15, -0.1) is 0 Å². The molecule has 1 atom stereocenters. The van der Waals surface area contributed by atoms with E-state index < -0.39 is 0 Å². The fourth-order valence-corrected chi connectivity index (χ4v) is 2.97. The summed E-state index contributed by atoms with van der Waals surface area (Å²) in [4.78, 5) is 0. The van der Waals surface area contributed by atoms with Crippen molar-refractivity contribution < 1.29 is 9.84 Å². The second-order valence-electron chi connectivity index (χ2n) is 5.55. The highest BCUT2D eigenvalue weighted by Gasteiger charge is 2.10. The molecule has 3 heteroatoms. The number of unbranched alkanes of at least 4 members (excludes halogenated alkanes) is 6. The van der Waals surface area contributed by atoms with Crippen molar-refractivity contribution in [2.75, 3.05) is 6.61 Å². The first-order valence-electron chi connectivity index (χ1n) is 8.29. The van der Waals surface area contributed by atoms with Crippen molar-refractivity contribution in [2.24, 2.45) is 0 Å². The van der Waals surface area contributed by atoms with Crippen molar-refractivity contribution in [2.45, 2.75) is 71.3 Å². The van der Waals surface area contributed by atoms with E-state index in [1.807, 2.05) is 25.1 Å². The first kappa shape index (κ1) is 18.5. The summed E-state index contributed by atoms with van der Waals surface area (Å²) in [5.41, 5.74) is 0.969. The van der Waals surface area contributed by atoms with Gasteiger partial charge in [0.05, 0.1) is 17.2 Å². The molecule has 0 aliphatic heterocycles. The highest BCUT2D eigenvalue weighted by molar-refractivity contribution is 9.10. The van der Waals surface area contributed by atoms with Gasteiger partial charge in [0.15, 0.2) is 0 Å². The van der Waals surface area contributed by atoms with Crippen LogP contribution in [0.4, 0.5) is 0 Å². The van der Waals surface area contributed by atoms with Gasteiger partial charge in [0.2, 0.25) is 0 Å². The van der Waals surface area contributed by atoms with Gasteiger partial charge in [-0.05, 0) is 47.0 Å². The van der Waals surface area contributed by atoms with Gasteiger partial charge in [0.1, 0.15) is 5.75 Å². The number of hydrogen-bond acceptors (Lipinski definition) is 2. The number of ether oxygens (including phenoxy) is 1. The number of aliphatic hydroxyl groups is 1. The topological polar surface area (TPSA) is 29.5 Å². The number of halogens is 1. The van der Waals surface area contributed by atoms with E-state index in [1.54, 1.807) is 0 Å². The van der Waals surface area contributed by atoms with E-state index in [9.17, 15) is 5.11 Å². The second-order valence-corrected chi connectivity index (χ2v) is 6.40. The van der Waals surface area contributed by atoms with Crippen LogP contribution in [0.25, 0.3) is 0 Å². The molecule has 0 heterocycles. The number of rotatable bonds is 11. The summed E-state index contributed by atoms with van der Waals surface area (Å²) in [5, 5.41) is 10.2. The zero-order valence-corrected chi connectivity index (χ0v) is 15.0. The summed E-state index contributed by atoms with van der Waals surface area (Å²) < 4.78 is 6.41. The van der Waals surface area contributed by atoms with Gasteiger partial charge in [0, 0.05) is 0 Å². The van der Waals surface area contributed by atoms with Gasteiger partial charge < -0.3 is 9.84 Å². The second kappa shape index (κ2) is 11.1. The van der Waals surface area contributed by atoms with E-state index >= 15 is 0 Å². The van der Waals surface area contributed by atoms with E-state index in [4.69, 9.17) is 4.74 Å². The Morgan fingerprint density at radius 1 is 1.05 bits per heavy atom. The molecule has 0 aromatic heterocycles. The van der Waals surface area contributed by atoms with Gasteiger partial charge in [-0.1, -0.05) is 57.9 Å². The normalized spacial score (nSPS) is 12.4. The maximum absolute atomic E-state index is 10.2. The largest absolute Gasteiger partial charge is 0.493 e. The number of hydrogen-bond donors (Lipinski definition) is 1. The van der Waals surface area contributed by atoms with Crippen molar-refractivity contribution in [1.82, 2.24) is 0 Å². The van der Waals surface area contributed by atoms with E-state index in [-0.39, 0.29) is 6.10 Å². The minimum Gasteiger partial charge on any atom is -0.493 e. The average Bonchev–Trinajstić information content (AvgIpc) is 2.48. The average molecular weight is 357 g/mol. The Labute approximate surface area is 138 Å². The molecule has 0 radical (unpaired) electrons. The third-order valence-corrected chi connectivity index (χ3v) is 4.34. The van der Waals surface area contributed by atoms with Crippen molar-refractivity contribution >= 4 is 15.9 Å². The van der Waals surface area contributed by atoms with Crippen LogP contribution in [0.15, 0.2) is 22.7 Å². The predicted molar refractivity (Wildman–Crippen MR) is 92.9 cm³/mol. The smallest absolute Gasteiger partial charge is 0.133 e. The lowest BCUT2D eigenvalue weighted by atomic mass is 10.0. The van der Waals surface area contributed by atoms with Gasteiger partial charge in [0.25, 0.3) is 0 Å². The fraction of sp³-hybridized carbons (Fsp3) is 0.667. The zero-order chi connectivity index (χ0) is 15.5. The van der Waals surface area contributed by atoms with Crippen LogP contribution in [0.3, 0.4) is 0 Å². The third-order valence-electron chi connectivity index (χ3n) is 3.72. The van der Waals surface area contributed by atoms with Crippen LogP contribution in [0.2, 0.25) is 0 Å². The van der Waals surface area contributed by atoms with Crippen LogP contribution in [0.1, 0.15) is 76.9 Å². The summed E-state index contributed by atoms with van der Waals surface area (Å²) in [6.07, 6.45) is 9.41. The molecule has 120 valence electrons. The standard InChI is InChI=1S/C18H29BrO2/c1-3-5-6-7-8-9-10-11-17(20)15-12-13-18(21-4-2)16(19)14-15/h12-14,17,20H,3-11H2,1-2H3. The molecule has 21 heavy (non-hydrogen) atoms. The first-order chi connectivity index (χ1) is 10.2. The quantitative estimate of drug-likeness (QED) is 0.491. The van der Waals surface area contributed by atoms with Crippen LogP contribution >= 0.6 is 15.9 Å². The monoisotopic (exact) mass is 356 g/mol. The molecule has 1 unspecified atom stereocenters. The highest BCUT2D eigenvalue weighted by atomic mass is 79.9. The van der Waals surface area contributed by atoms with E-state index in [2.05, 4.69) is 22.9 Å². The molecule has 1 aromatic carbocycles. The first-order valence-corrected chi connectivity index (χ1v) is 9.08. The lowest BCUT2D eigenvalue weighted by molar-refractivity contribution is 0.163. The molecule has 0 bridgehead atoms. The Morgan fingerprint density at radius 2 is 1.71 bits per heavy atom. The van der Waals surface area contributed by atoms with Crippen molar-refractivity contribution in [1.29, 1.82) is 0 Å². The van der Waals surface area contributed by atoms with Crippen molar-refractivity contribution in [3.63, 3.8) is 0 Å². The lowest BCUT2D eigenvalue weighted by Crippen LogP contribution is -1.99. The predicted octanol–water partition coefficient (Wildman–Crippen LogP) is 6.02. The van der Waals surface area contributed by atoms with Gasteiger partial charge in [-0.3, -0.25) is 0 Å². The molecule has 0 aliphatic carbocycles. The van der Waals surface area contributed by atoms with Gasteiger partial charge in [-0.25, -0.2) is 0 Å².